The Hall–Kier alpha value is -4.42. The molecule has 0 aliphatic carbocycles. The number of aliphatic carboxylic acids is 4. The van der Waals surface area contributed by atoms with Crippen LogP contribution in [0, 0.1) is 0 Å². The van der Waals surface area contributed by atoms with Gasteiger partial charge in [-0.2, -0.15) is 0 Å². The molecule has 0 spiro atoms. The Balaban J connectivity index is -0.000000520. The molecular formula is C27H40O17. The maximum Gasteiger partial charge on any atom is 0.336 e. The summed E-state index contributed by atoms with van der Waals surface area (Å²) in [6, 6.07) is 5.48. The predicted octanol–water partition coefficient (Wildman–Crippen LogP) is 0.387. The highest BCUT2D eigenvalue weighted by atomic mass is 16.5. The number of carbonyl (C=O) groups is 6. The summed E-state index contributed by atoms with van der Waals surface area (Å²) in [4.78, 5) is 59.8. The maximum atomic E-state index is 10.5. The van der Waals surface area contributed by atoms with Crippen LogP contribution in [0.5, 0.6) is 0 Å². The first kappa shape index (κ1) is 44.0. The summed E-state index contributed by atoms with van der Waals surface area (Å²) in [5.41, 5.74) is -0.380. The van der Waals surface area contributed by atoms with Crippen LogP contribution in [0.25, 0.3) is 0 Å². The van der Waals surface area contributed by atoms with Gasteiger partial charge in [0.1, 0.15) is 0 Å². The number of aliphatic hydroxyl groups is 4. The second kappa shape index (κ2) is 26.2. The van der Waals surface area contributed by atoms with Gasteiger partial charge in [-0.15, -0.1) is 0 Å². The summed E-state index contributed by atoms with van der Waals surface area (Å²) < 4.78 is 5.12. The monoisotopic (exact) mass is 636 g/mol. The van der Waals surface area contributed by atoms with Crippen molar-refractivity contribution in [2.24, 2.45) is 0 Å². The summed E-state index contributed by atoms with van der Waals surface area (Å²) in [6.45, 7) is 3.01. The minimum Gasteiger partial charge on any atom is -0.481 e. The van der Waals surface area contributed by atoms with Crippen molar-refractivity contribution < 1.29 is 84.6 Å². The fraction of sp³-hybridized carbons (Fsp3) is 0.481. The lowest BCUT2D eigenvalue weighted by Crippen LogP contribution is -2.32. The lowest BCUT2D eigenvalue weighted by Gasteiger charge is -2.21. The molecule has 0 amide bonds. The van der Waals surface area contributed by atoms with Crippen molar-refractivity contribution in [3.8, 4) is 0 Å². The molecule has 0 aliphatic rings. The highest BCUT2D eigenvalue weighted by Crippen LogP contribution is 2.08. The number of rotatable bonds is 16. The van der Waals surface area contributed by atoms with Crippen LogP contribution in [0.15, 0.2) is 36.4 Å². The molecular weight excluding hydrogens is 596 g/mol. The Bertz CT molecular complexity index is 986. The Morgan fingerprint density at radius 2 is 1.11 bits per heavy atom. The molecule has 250 valence electrons. The first-order valence-corrected chi connectivity index (χ1v) is 12.7. The lowest BCUT2D eigenvalue weighted by atomic mass is 10.1. The van der Waals surface area contributed by atoms with E-state index >= 15 is 0 Å². The molecule has 1 rings (SSSR count). The number of hydrogen-bond donors (Lipinski definition) is 10. The minimum absolute atomic E-state index is 0.0628. The normalized spacial score (nSPS) is 12.8. The van der Waals surface area contributed by atoms with Crippen molar-refractivity contribution in [3.63, 3.8) is 0 Å². The van der Waals surface area contributed by atoms with Gasteiger partial charge in [-0.25, -0.2) is 19.2 Å². The highest BCUT2D eigenvalue weighted by Gasteiger charge is 2.19. The molecule has 17 heteroatoms. The van der Waals surface area contributed by atoms with Gasteiger partial charge in [0.2, 0.25) is 0 Å². The number of aliphatic hydroxyl groups excluding tert-OH is 4. The van der Waals surface area contributed by atoms with Gasteiger partial charge >= 0.3 is 35.8 Å². The number of aromatic carboxylic acids is 2. The van der Waals surface area contributed by atoms with E-state index in [-0.39, 0.29) is 43.6 Å². The van der Waals surface area contributed by atoms with Crippen LogP contribution < -0.4 is 0 Å². The van der Waals surface area contributed by atoms with Gasteiger partial charge < -0.3 is 55.8 Å². The van der Waals surface area contributed by atoms with Crippen LogP contribution in [-0.2, 0) is 23.9 Å². The van der Waals surface area contributed by atoms with E-state index in [4.69, 9.17) is 50.7 Å². The number of carboxylic acids is 6. The molecule has 1 aromatic carbocycles. The number of benzene rings is 1. The second-order valence-corrected chi connectivity index (χ2v) is 8.69. The van der Waals surface area contributed by atoms with Crippen LogP contribution in [0.1, 0.15) is 66.7 Å². The average Bonchev–Trinajstić information content (AvgIpc) is 2.93. The molecule has 0 saturated carbocycles. The molecule has 0 bridgehead atoms. The summed E-state index contributed by atoms with van der Waals surface area (Å²) >= 11 is 0. The zero-order valence-electron chi connectivity index (χ0n) is 24.1. The molecule has 0 heterocycles. The molecule has 0 saturated heterocycles. The predicted molar refractivity (Wildman–Crippen MR) is 149 cm³/mol. The van der Waals surface area contributed by atoms with E-state index in [9.17, 15) is 33.9 Å². The van der Waals surface area contributed by atoms with E-state index in [0.29, 0.717) is 25.0 Å². The maximum absolute atomic E-state index is 10.5. The van der Waals surface area contributed by atoms with Crippen molar-refractivity contribution in [2.45, 2.75) is 70.4 Å². The number of carboxylic acid groups (broad SMARTS) is 6. The standard InChI is InChI=1S/C9H20O5.C8H6O4.C6H10O4.C4H4O4/c1-6(11)5-14-7(2)9(13)3-8(12)4-10;9-7(10)5-3-1-2-4-6(5)8(11)12;7-5(8)3-1-2-4-6(9)10;5-3(6)1-2-4(7)8/h6-13H,3-5H2,1-2H3;1-4H,(H,9,10)(H,11,12);1-4H2,(H,7,8)(H,9,10);1-2H,(H,5,6)(H,7,8)/b;;;2-1-. The van der Waals surface area contributed by atoms with Gasteiger partial charge in [0, 0.05) is 31.4 Å². The third kappa shape index (κ3) is 29.1. The van der Waals surface area contributed by atoms with Crippen molar-refractivity contribution in [3.05, 3.63) is 47.5 Å². The smallest absolute Gasteiger partial charge is 0.336 e. The van der Waals surface area contributed by atoms with Crippen molar-refractivity contribution >= 4 is 35.8 Å². The zero-order valence-corrected chi connectivity index (χ0v) is 24.1. The van der Waals surface area contributed by atoms with Gasteiger partial charge in [0.05, 0.1) is 48.8 Å². The summed E-state index contributed by atoms with van der Waals surface area (Å²) in [7, 11) is 0. The Labute approximate surface area is 251 Å². The molecule has 0 aliphatic heterocycles. The van der Waals surface area contributed by atoms with Crippen LogP contribution in [0.2, 0.25) is 0 Å². The van der Waals surface area contributed by atoms with Crippen molar-refractivity contribution in [2.75, 3.05) is 13.2 Å². The van der Waals surface area contributed by atoms with Crippen molar-refractivity contribution in [1.82, 2.24) is 0 Å². The SMILES string of the molecule is CC(O)COC(C)C(O)CC(O)CO.O=C(O)/C=C\C(=O)O.O=C(O)CCCCC(=O)O.O=C(O)c1ccccc1C(=O)O. The number of ether oxygens (including phenoxy) is 1. The van der Waals surface area contributed by atoms with Crippen LogP contribution in [0.3, 0.4) is 0 Å². The molecule has 1 aromatic rings. The molecule has 4 atom stereocenters. The third-order valence-electron chi connectivity index (χ3n) is 4.65. The second-order valence-electron chi connectivity index (χ2n) is 8.69. The van der Waals surface area contributed by atoms with E-state index in [2.05, 4.69) is 0 Å². The molecule has 10 N–H and O–H groups in total. The largest absolute Gasteiger partial charge is 0.481 e. The zero-order chi connectivity index (χ0) is 34.8. The Morgan fingerprint density at radius 3 is 1.39 bits per heavy atom. The quantitative estimate of drug-likeness (QED) is 0.0866. The first-order chi connectivity index (χ1) is 20.3. The average molecular weight is 637 g/mol. The third-order valence-corrected chi connectivity index (χ3v) is 4.65. The summed E-state index contributed by atoms with van der Waals surface area (Å²) in [5.74, 6) is -6.71. The first-order valence-electron chi connectivity index (χ1n) is 12.7. The summed E-state index contributed by atoms with van der Waals surface area (Å²) in [6.07, 6.45) is -0.608. The van der Waals surface area contributed by atoms with Gasteiger partial charge in [0.15, 0.2) is 0 Å². The van der Waals surface area contributed by atoms with E-state index in [1.54, 1.807) is 13.8 Å². The fourth-order valence-corrected chi connectivity index (χ4v) is 2.50. The lowest BCUT2D eigenvalue weighted by molar-refractivity contribution is -0.139. The molecule has 0 fully saturated rings. The van der Waals surface area contributed by atoms with Gasteiger partial charge in [-0.05, 0) is 38.8 Å². The highest BCUT2D eigenvalue weighted by molar-refractivity contribution is 6.01. The molecule has 0 aromatic heterocycles. The van der Waals surface area contributed by atoms with Crippen LogP contribution >= 0.6 is 0 Å². The Morgan fingerprint density at radius 1 is 0.727 bits per heavy atom. The Kier molecular flexibility index (Phi) is 26.2. The van der Waals surface area contributed by atoms with Gasteiger partial charge in [0.25, 0.3) is 0 Å². The van der Waals surface area contributed by atoms with E-state index in [1.807, 2.05) is 0 Å². The fourth-order valence-electron chi connectivity index (χ4n) is 2.50. The topological polar surface area (TPSA) is 314 Å². The number of unbranched alkanes of at least 4 members (excludes halogenated alkanes) is 1. The number of hydrogen-bond acceptors (Lipinski definition) is 11. The van der Waals surface area contributed by atoms with Crippen LogP contribution in [0.4, 0.5) is 0 Å². The molecule has 17 nitrogen and oxygen atoms in total. The van der Waals surface area contributed by atoms with E-state index in [1.165, 1.54) is 24.3 Å². The van der Waals surface area contributed by atoms with E-state index in [0.717, 1.165) is 0 Å². The minimum atomic E-state index is -1.26. The molecule has 44 heavy (non-hydrogen) atoms. The summed E-state index contributed by atoms with van der Waals surface area (Å²) in [5, 5.41) is 84.9. The van der Waals surface area contributed by atoms with Crippen LogP contribution in [-0.4, -0.2) is 125 Å². The van der Waals surface area contributed by atoms with Crippen molar-refractivity contribution in [1.29, 1.82) is 0 Å². The molecule has 0 radical (unpaired) electrons. The molecule has 4 unspecified atom stereocenters. The van der Waals surface area contributed by atoms with Gasteiger partial charge in [-0.1, -0.05) is 12.1 Å². The van der Waals surface area contributed by atoms with Gasteiger partial charge in [-0.3, -0.25) is 9.59 Å². The van der Waals surface area contributed by atoms with E-state index < -0.39 is 60.2 Å².